The van der Waals surface area contributed by atoms with Crippen molar-refractivity contribution < 1.29 is 38.1 Å². The summed E-state index contributed by atoms with van der Waals surface area (Å²) in [5, 5.41) is 2.81. The van der Waals surface area contributed by atoms with Crippen LogP contribution in [0.4, 0.5) is 5.69 Å². The average Bonchev–Trinajstić information content (AvgIpc) is 2.95. The van der Waals surface area contributed by atoms with Crippen molar-refractivity contribution in [2.24, 2.45) is 5.92 Å². The fraction of sp³-hybridized carbons (Fsp3) is 0.323. The van der Waals surface area contributed by atoms with Crippen LogP contribution >= 0.6 is 0 Å². The third-order valence-corrected chi connectivity index (χ3v) is 5.76. The monoisotopic (exact) mass is 549 g/mol. The molecule has 0 spiro atoms. The third kappa shape index (κ3) is 8.93. The lowest BCUT2D eigenvalue weighted by Gasteiger charge is -2.16. The van der Waals surface area contributed by atoms with Crippen molar-refractivity contribution in [1.29, 1.82) is 0 Å². The molecule has 3 aromatic carbocycles. The second kappa shape index (κ2) is 15.4. The minimum atomic E-state index is -0.664. The highest BCUT2D eigenvalue weighted by molar-refractivity contribution is 6.04. The summed E-state index contributed by atoms with van der Waals surface area (Å²) >= 11 is 0. The number of hydrogen-bond acceptors (Lipinski definition) is 8. The van der Waals surface area contributed by atoms with Crippen molar-refractivity contribution in [1.82, 2.24) is 0 Å². The summed E-state index contributed by atoms with van der Waals surface area (Å²) in [5.74, 6) is -0.841. The Morgan fingerprint density at radius 3 is 2.20 bits per heavy atom. The molecule has 1 N–H and O–H groups in total. The molecule has 212 valence electrons. The Morgan fingerprint density at radius 1 is 0.825 bits per heavy atom. The number of esters is 2. The fourth-order valence-electron chi connectivity index (χ4n) is 3.85. The van der Waals surface area contributed by atoms with Crippen LogP contribution in [0.1, 0.15) is 46.5 Å². The molecule has 1 amide bonds. The van der Waals surface area contributed by atoms with E-state index in [2.05, 4.69) is 5.32 Å². The van der Waals surface area contributed by atoms with Crippen LogP contribution in [-0.2, 0) is 30.3 Å². The van der Waals surface area contributed by atoms with Gasteiger partial charge in [-0.3, -0.25) is 4.79 Å². The summed E-state index contributed by atoms with van der Waals surface area (Å²) in [6.07, 6.45) is 0.336. The van der Waals surface area contributed by atoms with Crippen LogP contribution in [0.25, 0.3) is 11.1 Å². The molecule has 0 radical (unpaired) electrons. The van der Waals surface area contributed by atoms with Crippen molar-refractivity contribution >= 4 is 23.5 Å². The maximum Gasteiger partial charge on any atom is 0.341 e. The molecular weight excluding hydrogens is 514 g/mol. The Kier molecular flexibility index (Phi) is 11.7. The lowest BCUT2D eigenvalue weighted by Crippen LogP contribution is -2.15. The predicted molar refractivity (Wildman–Crippen MR) is 150 cm³/mol. The van der Waals surface area contributed by atoms with Crippen molar-refractivity contribution in [2.45, 2.75) is 26.9 Å². The molecule has 0 unspecified atom stereocenters. The van der Waals surface area contributed by atoms with Crippen LogP contribution < -0.4 is 10.1 Å². The minimum Gasteiger partial charge on any atom is -0.489 e. The molecule has 0 saturated heterocycles. The third-order valence-electron chi connectivity index (χ3n) is 5.76. The van der Waals surface area contributed by atoms with Gasteiger partial charge in [-0.1, -0.05) is 50.2 Å². The van der Waals surface area contributed by atoms with E-state index in [1.165, 1.54) is 13.2 Å². The van der Waals surface area contributed by atoms with Crippen LogP contribution in [0.3, 0.4) is 0 Å². The van der Waals surface area contributed by atoms with Crippen molar-refractivity contribution in [2.75, 3.05) is 39.5 Å². The number of ether oxygens (including phenoxy) is 5. The summed E-state index contributed by atoms with van der Waals surface area (Å²) < 4.78 is 26.5. The second-order valence-electron chi connectivity index (χ2n) is 9.33. The van der Waals surface area contributed by atoms with E-state index in [0.717, 1.165) is 5.56 Å². The van der Waals surface area contributed by atoms with Gasteiger partial charge in [0.1, 0.15) is 12.4 Å². The van der Waals surface area contributed by atoms with E-state index in [0.29, 0.717) is 42.2 Å². The molecule has 0 aliphatic rings. The number of amides is 1. The van der Waals surface area contributed by atoms with Gasteiger partial charge in [0.15, 0.2) is 6.79 Å². The topological polar surface area (TPSA) is 109 Å². The number of hydrogen-bond donors (Lipinski definition) is 1. The van der Waals surface area contributed by atoms with Crippen molar-refractivity contribution in [3.63, 3.8) is 0 Å². The maximum absolute atomic E-state index is 13.2. The van der Waals surface area contributed by atoms with Crippen molar-refractivity contribution in [3.05, 3.63) is 83.4 Å². The molecule has 3 rings (SSSR count). The van der Waals surface area contributed by atoms with Crippen LogP contribution in [0, 0.1) is 5.92 Å². The lowest BCUT2D eigenvalue weighted by atomic mass is 9.94. The van der Waals surface area contributed by atoms with E-state index >= 15 is 0 Å². The van der Waals surface area contributed by atoms with E-state index in [9.17, 15) is 14.4 Å². The zero-order chi connectivity index (χ0) is 28.9. The number of methoxy groups -OCH3 is 2. The summed E-state index contributed by atoms with van der Waals surface area (Å²) in [7, 11) is 2.81. The first-order chi connectivity index (χ1) is 19.3. The number of carbonyl (C=O) groups is 3. The van der Waals surface area contributed by atoms with Crippen LogP contribution in [0.15, 0.2) is 66.7 Å². The first-order valence-corrected chi connectivity index (χ1v) is 12.9. The lowest BCUT2D eigenvalue weighted by molar-refractivity contribution is -0.116. The molecular formula is C31H35NO8. The number of nitrogens with one attached hydrogen (secondary N) is 1. The summed E-state index contributed by atoms with van der Waals surface area (Å²) in [6, 6.07) is 19.4. The van der Waals surface area contributed by atoms with Gasteiger partial charge in [-0.05, 0) is 52.9 Å². The van der Waals surface area contributed by atoms with E-state index in [-0.39, 0.29) is 36.4 Å². The molecule has 0 saturated carbocycles. The van der Waals surface area contributed by atoms with E-state index in [4.69, 9.17) is 23.7 Å². The minimum absolute atomic E-state index is 0.169. The summed E-state index contributed by atoms with van der Waals surface area (Å²) in [4.78, 5) is 38.3. The Labute approximate surface area is 234 Å². The smallest absolute Gasteiger partial charge is 0.341 e. The summed E-state index contributed by atoms with van der Waals surface area (Å²) in [6.45, 7) is 4.52. The van der Waals surface area contributed by atoms with E-state index in [1.807, 2.05) is 44.2 Å². The Bertz CT molecular complexity index is 1290. The van der Waals surface area contributed by atoms with E-state index < -0.39 is 11.9 Å². The fourth-order valence-corrected chi connectivity index (χ4v) is 3.85. The highest BCUT2D eigenvalue weighted by Crippen LogP contribution is 2.33. The van der Waals surface area contributed by atoms with Gasteiger partial charge in [0, 0.05) is 19.2 Å². The maximum atomic E-state index is 13.2. The Balaban J connectivity index is 1.96. The number of rotatable bonds is 14. The first-order valence-electron chi connectivity index (χ1n) is 12.9. The van der Waals surface area contributed by atoms with Crippen LogP contribution in [0.2, 0.25) is 0 Å². The molecule has 0 fully saturated rings. The average molecular weight is 550 g/mol. The van der Waals surface area contributed by atoms with Gasteiger partial charge in [0.05, 0.1) is 31.5 Å². The molecule has 0 atom stereocenters. The molecule has 9 heteroatoms. The van der Waals surface area contributed by atoms with E-state index in [1.54, 1.807) is 37.4 Å². The highest BCUT2D eigenvalue weighted by Gasteiger charge is 2.22. The van der Waals surface area contributed by atoms with Crippen LogP contribution in [0.5, 0.6) is 5.75 Å². The molecule has 0 heterocycles. The normalized spacial score (nSPS) is 10.7. The standard InChI is InChI=1S/C31H35NO8/c1-21(2)16-29(33)32-23-10-12-25(27(17-23)30(34)37-4)26-13-11-24(39-19-22-8-6-5-7-9-22)18-28(26)31(35)40-20-38-15-14-36-3/h5-13,17-18,21H,14-16,19-20H2,1-4H3,(H,32,33). The highest BCUT2D eigenvalue weighted by atomic mass is 16.7. The van der Waals surface area contributed by atoms with Gasteiger partial charge >= 0.3 is 11.9 Å². The quantitative estimate of drug-likeness (QED) is 0.160. The zero-order valence-corrected chi connectivity index (χ0v) is 23.2. The SMILES string of the molecule is COCCOCOC(=O)c1cc(OCc2ccccc2)ccc1-c1ccc(NC(=O)CC(C)C)cc1C(=O)OC. The molecule has 0 bridgehead atoms. The molecule has 40 heavy (non-hydrogen) atoms. The molecule has 3 aromatic rings. The predicted octanol–water partition coefficient (Wildman–Crippen LogP) is 5.48. The number of anilines is 1. The van der Waals surface area contributed by atoms with Crippen LogP contribution in [-0.4, -0.2) is 52.1 Å². The number of benzene rings is 3. The van der Waals surface area contributed by atoms with Gasteiger partial charge < -0.3 is 29.0 Å². The zero-order valence-electron chi connectivity index (χ0n) is 23.2. The molecule has 0 aliphatic carbocycles. The van der Waals surface area contributed by atoms with Gasteiger partial charge in [-0.25, -0.2) is 9.59 Å². The largest absolute Gasteiger partial charge is 0.489 e. The molecule has 0 aliphatic heterocycles. The van der Waals surface area contributed by atoms with Gasteiger partial charge in [0.2, 0.25) is 5.91 Å². The summed E-state index contributed by atoms with van der Waals surface area (Å²) in [5.41, 5.74) is 2.60. The molecule has 9 nitrogen and oxygen atoms in total. The second-order valence-corrected chi connectivity index (χ2v) is 9.33. The van der Waals surface area contributed by atoms with Crippen molar-refractivity contribution in [3.8, 4) is 16.9 Å². The van der Waals surface area contributed by atoms with Gasteiger partial charge in [-0.2, -0.15) is 0 Å². The Hall–Kier alpha value is -4.21. The van der Waals surface area contributed by atoms with Gasteiger partial charge in [0.25, 0.3) is 0 Å². The molecule has 0 aromatic heterocycles. The first kappa shape index (κ1) is 30.3. The Morgan fingerprint density at radius 2 is 1.52 bits per heavy atom. The number of carbonyl (C=O) groups excluding carboxylic acids is 3. The van der Waals surface area contributed by atoms with Gasteiger partial charge in [-0.15, -0.1) is 0 Å².